The highest BCUT2D eigenvalue weighted by atomic mass is 19.1. The maximum absolute atomic E-state index is 13.5. The van der Waals surface area contributed by atoms with E-state index in [9.17, 15) is 18.7 Å². The molecule has 0 spiro atoms. The van der Waals surface area contributed by atoms with Crippen LogP contribution < -0.4 is 10.6 Å². The van der Waals surface area contributed by atoms with Crippen molar-refractivity contribution in [2.75, 3.05) is 19.8 Å². The molecule has 0 fully saturated rings. The van der Waals surface area contributed by atoms with E-state index in [1.807, 2.05) is 30.3 Å². The molecular formula is C22H26F2N2O4. The van der Waals surface area contributed by atoms with Crippen LogP contribution in [0.3, 0.4) is 0 Å². The van der Waals surface area contributed by atoms with Crippen LogP contribution in [0, 0.1) is 11.6 Å². The van der Waals surface area contributed by atoms with E-state index in [2.05, 4.69) is 17.2 Å². The van der Waals surface area contributed by atoms with Gasteiger partial charge in [0.05, 0.1) is 31.4 Å². The zero-order valence-corrected chi connectivity index (χ0v) is 16.4. The van der Waals surface area contributed by atoms with Crippen LogP contribution in [0.1, 0.15) is 17.2 Å². The average Bonchev–Trinajstić information content (AvgIpc) is 2.69. The van der Waals surface area contributed by atoms with Crippen LogP contribution in [-0.4, -0.2) is 48.2 Å². The molecule has 162 valence electrons. The van der Waals surface area contributed by atoms with Crippen LogP contribution in [0.15, 0.2) is 61.2 Å². The minimum Gasteiger partial charge on any atom is -0.465 e. The van der Waals surface area contributed by atoms with Gasteiger partial charge in [0.25, 0.3) is 0 Å². The minimum absolute atomic E-state index is 0.0275. The molecule has 4 N–H and O–H groups in total. The van der Waals surface area contributed by atoms with Crippen LogP contribution in [0.5, 0.6) is 0 Å². The van der Waals surface area contributed by atoms with Crippen LogP contribution in [0.25, 0.3) is 0 Å². The zero-order valence-electron chi connectivity index (χ0n) is 16.4. The highest BCUT2D eigenvalue weighted by Gasteiger charge is 2.23. The van der Waals surface area contributed by atoms with Crippen molar-refractivity contribution in [3.63, 3.8) is 0 Å². The lowest BCUT2D eigenvalue weighted by molar-refractivity contribution is 0.0993. The molecule has 3 atom stereocenters. The molecule has 2 aromatic rings. The molecule has 6 nitrogen and oxygen atoms in total. The zero-order chi connectivity index (χ0) is 21.9. The number of amides is 1. The summed E-state index contributed by atoms with van der Waals surface area (Å²) in [5.74, 6) is -1.54. The highest BCUT2D eigenvalue weighted by Crippen LogP contribution is 2.15. The Morgan fingerprint density at radius 1 is 1.17 bits per heavy atom. The maximum Gasteiger partial charge on any atom is 0.404 e. The normalized spacial score (nSPS) is 14.0. The van der Waals surface area contributed by atoms with Gasteiger partial charge in [0.2, 0.25) is 0 Å². The van der Waals surface area contributed by atoms with E-state index in [4.69, 9.17) is 9.84 Å². The number of ether oxygens (including phenoxy) is 1. The van der Waals surface area contributed by atoms with Gasteiger partial charge in [0, 0.05) is 12.6 Å². The van der Waals surface area contributed by atoms with E-state index in [-0.39, 0.29) is 24.6 Å². The Labute approximate surface area is 174 Å². The Morgan fingerprint density at radius 2 is 1.83 bits per heavy atom. The largest absolute Gasteiger partial charge is 0.465 e. The van der Waals surface area contributed by atoms with Crippen LogP contribution in [-0.2, 0) is 11.2 Å². The summed E-state index contributed by atoms with van der Waals surface area (Å²) >= 11 is 0. The van der Waals surface area contributed by atoms with Gasteiger partial charge in [0.1, 0.15) is 11.6 Å². The number of rotatable bonds is 12. The van der Waals surface area contributed by atoms with Gasteiger partial charge < -0.3 is 25.6 Å². The number of hydrogen-bond acceptors (Lipinski definition) is 4. The molecule has 2 aromatic carbocycles. The Hall–Kier alpha value is -2.81. The Balaban J connectivity index is 2.07. The molecule has 30 heavy (non-hydrogen) atoms. The Morgan fingerprint density at radius 3 is 2.43 bits per heavy atom. The van der Waals surface area contributed by atoms with Crippen molar-refractivity contribution in [1.29, 1.82) is 0 Å². The molecule has 1 amide bonds. The first-order valence-electron chi connectivity index (χ1n) is 9.48. The lowest BCUT2D eigenvalue weighted by Crippen LogP contribution is -2.49. The number of benzene rings is 2. The molecule has 0 saturated carbocycles. The van der Waals surface area contributed by atoms with Gasteiger partial charge in [-0.05, 0) is 29.7 Å². The van der Waals surface area contributed by atoms with E-state index in [1.54, 1.807) is 6.08 Å². The minimum atomic E-state index is -1.34. The standard InChI is InChI=1S/C22H26F2N2O4/c1-2-8-30-14-20(16-6-4-3-5-7-16)25-13-21(27)19(26-22(28)29)11-15-9-17(23)12-18(24)10-15/h2-7,9-10,12,19-21,25-27H,1,8,11,13-14H2,(H,28,29)/t19-,20-,21-/m0/s1. The third-order valence-electron chi connectivity index (χ3n) is 4.45. The molecule has 0 bridgehead atoms. The second-order valence-corrected chi connectivity index (χ2v) is 6.80. The fraction of sp³-hybridized carbons (Fsp3) is 0.318. The van der Waals surface area contributed by atoms with E-state index in [1.165, 1.54) is 0 Å². The molecule has 0 radical (unpaired) electrons. The van der Waals surface area contributed by atoms with Gasteiger partial charge in [-0.1, -0.05) is 36.4 Å². The Kier molecular flexibility index (Phi) is 9.40. The second kappa shape index (κ2) is 12.0. The van der Waals surface area contributed by atoms with Gasteiger partial charge in [-0.3, -0.25) is 0 Å². The predicted octanol–water partition coefficient (Wildman–Crippen LogP) is 3.04. The number of carbonyl (C=O) groups is 1. The smallest absolute Gasteiger partial charge is 0.404 e. The average molecular weight is 420 g/mol. The number of aliphatic hydroxyl groups is 1. The molecule has 0 aromatic heterocycles. The summed E-state index contributed by atoms with van der Waals surface area (Å²) in [4.78, 5) is 11.2. The monoisotopic (exact) mass is 420 g/mol. The fourth-order valence-corrected chi connectivity index (χ4v) is 3.06. The summed E-state index contributed by atoms with van der Waals surface area (Å²) < 4.78 is 32.4. The van der Waals surface area contributed by atoms with E-state index >= 15 is 0 Å². The lowest BCUT2D eigenvalue weighted by atomic mass is 10.00. The van der Waals surface area contributed by atoms with Gasteiger partial charge in [-0.15, -0.1) is 6.58 Å². The van der Waals surface area contributed by atoms with Crippen LogP contribution in [0.4, 0.5) is 13.6 Å². The number of nitrogens with one attached hydrogen (secondary N) is 2. The molecule has 0 saturated heterocycles. The third-order valence-corrected chi connectivity index (χ3v) is 4.45. The van der Waals surface area contributed by atoms with Gasteiger partial charge in [-0.2, -0.15) is 0 Å². The van der Waals surface area contributed by atoms with Crippen molar-refractivity contribution in [3.8, 4) is 0 Å². The quantitative estimate of drug-likeness (QED) is 0.313. The molecule has 0 aliphatic carbocycles. The lowest BCUT2D eigenvalue weighted by Gasteiger charge is -2.26. The van der Waals surface area contributed by atoms with Crippen molar-refractivity contribution in [2.45, 2.75) is 24.6 Å². The third kappa shape index (κ3) is 7.90. The molecule has 0 aliphatic rings. The molecule has 0 heterocycles. The van der Waals surface area contributed by atoms with Crippen molar-refractivity contribution in [1.82, 2.24) is 10.6 Å². The number of aliphatic hydroxyl groups excluding tert-OH is 1. The first-order valence-corrected chi connectivity index (χ1v) is 9.48. The van der Waals surface area contributed by atoms with Crippen LogP contribution in [0.2, 0.25) is 0 Å². The number of hydrogen-bond donors (Lipinski definition) is 4. The van der Waals surface area contributed by atoms with Gasteiger partial charge in [-0.25, -0.2) is 13.6 Å². The predicted molar refractivity (Wildman–Crippen MR) is 109 cm³/mol. The first-order chi connectivity index (χ1) is 14.4. The van der Waals surface area contributed by atoms with Crippen molar-refractivity contribution in [3.05, 3.63) is 83.9 Å². The van der Waals surface area contributed by atoms with E-state index in [0.717, 1.165) is 23.8 Å². The molecule has 8 heteroatoms. The van der Waals surface area contributed by atoms with Crippen molar-refractivity contribution >= 4 is 6.09 Å². The van der Waals surface area contributed by atoms with Crippen LogP contribution >= 0.6 is 0 Å². The van der Waals surface area contributed by atoms with Crippen molar-refractivity contribution in [2.24, 2.45) is 0 Å². The van der Waals surface area contributed by atoms with Gasteiger partial charge >= 0.3 is 6.09 Å². The summed E-state index contributed by atoms with van der Waals surface area (Å²) in [6, 6.07) is 11.2. The topological polar surface area (TPSA) is 90.8 Å². The summed E-state index contributed by atoms with van der Waals surface area (Å²) in [6.45, 7) is 4.31. The fourth-order valence-electron chi connectivity index (χ4n) is 3.06. The number of carboxylic acid groups (broad SMARTS) is 1. The Bertz CT molecular complexity index is 800. The van der Waals surface area contributed by atoms with E-state index < -0.39 is 29.9 Å². The number of halogens is 2. The van der Waals surface area contributed by atoms with Gasteiger partial charge in [0.15, 0.2) is 0 Å². The summed E-state index contributed by atoms with van der Waals surface area (Å²) in [7, 11) is 0. The summed E-state index contributed by atoms with van der Waals surface area (Å²) in [6.07, 6.45) is -0.947. The SMILES string of the molecule is C=CCOC[C@H](NC[C@H](O)[C@H](Cc1cc(F)cc(F)c1)NC(=O)O)c1ccccc1. The maximum atomic E-state index is 13.5. The summed E-state index contributed by atoms with van der Waals surface area (Å²) in [5.41, 5.74) is 1.17. The molecular weight excluding hydrogens is 394 g/mol. The second-order valence-electron chi connectivity index (χ2n) is 6.80. The summed E-state index contributed by atoms with van der Waals surface area (Å²) in [5, 5.41) is 25.1. The highest BCUT2D eigenvalue weighted by molar-refractivity contribution is 5.65. The molecule has 0 unspecified atom stereocenters. The van der Waals surface area contributed by atoms with E-state index in [0.29, 0.717) is 13.2 Å². The molecule has 2 rings (SSSR count). The molecule has 0 aliphatic heterocycles. The van der Waals surface area contributed by atoms with Crippen molar-refractivity contribution < 1.29 is 28.5 Å². The first kappa shape index (κ1) is 23.5.